The van der Waals surface area contributed by atoms with Gasteiger partial charge in [0.1, 0.15) is 11.4 Å². The first kappa shape index (κ1) is 21.4. The number of rotatable bonds is 6. The van der Waals surface area contributed by atoms with E-state index in [1.54, 1.807) is 20.2 Å². The summed E-state index contributed by atoms with van der Waals surface area (Å²) in [6.07, 6.45) is 5.32. The van der Waals surface area contributed by atoms with Gasteiger partial charge in [-0.05, 0) is 43.0 Å². The van der Waals surface area contributed by atoms with E-state index in [-0.39, 0.29) is 12.5 Å². The summed E-state index contributed by atoms with van der Waals surface area (Å²) >= 11 is 0. The number of amides is 1. The first-order valence-corrected chi connectivity index (χ1v) is 10.6. The largest absolute Gasteiger partial charge is 0.384 e. The fourth-order valence-electron chi connectivity index (χ4n) is 3.11. The van der Waals surface area contributed by atoms with Gasteiger partial charge in [-0.3, -0.25) is 13.9 Å². The van der Waals surface area contributed by atoms with Crippen LogP contribution in [0.1, 0.15) is 30.9 Å². The molecular formula is C21H28N2O3S. The Morgan fingerprint density at radius 1 is 1.37 bits per heavy atom. The Labute approximate surface area is 164 Å². The molecule has 2 unspecified atom stereocenters. The Kier molecular flexibility index (Phi) is 7.78. The lowest BCUT2D eigenvalue weighted by Crippen LogP contribution is -2.48. The molecular weight excluding hydrogens is 360 g/mol. The predicted octanol–water partition coefficient (Wildman–Crippen LogP) is 1.39. The molecule has 2 N–H and O–H groups in total. The maximum absolute atomic E-state index is 12.1. The molecule has 0 saturated carbocycles. The normalized spacial score (nSPS) is 17.9. The highest BCUT2D eigenvalue weighted by molar-refractivity contribution is 7.86. The summed E-state index contributed by atoms with van der Waals surface area (Å²) in [5.41, 5.74) is 3.39. The van der Waals surface area contributed by atoms with Gasteiger partial charge in [0.05, 0.1) is 0 Å². The van der Waals surface area contributed by atoms with Gasteiger partial charge >= 0.3 is 0 Å². The monoisotopic (exact) mass is 388 g/mol. The third-order valence-electron chi connectivity index (χ3n) is 5.11. The summed E-state index contributed by atoms with van der Waals surface area (Å²) in [5, 5.41) is 11.4. The van der Waals surface area contributed by atoms with E-state index in [9.17, 15) is 9.00 Å². The molecule has 146 valence electrons. The Balaban J connectivity index is 1.96. The SMILES string of the molecule is CNC(=O)C(C)(CCN1CC=C(c2ccc(C#CCO)cc2)CC1)S(C)=O. The highest BCUT2D eigenvalue weighted by Crippen LogP contribution is 2.24. The highest BCUT2D eigenvalue weighted by Gasteiger charge is 2.37. The van der Waals surface area contributed by atoms with Gasteiger partial charge in [-0.15, -0.1) is 0 Å². The Bertz CT molecular complexity index is 777. The molecule has 1 aliphatic heterocycles. The zero-order chi connectivity index (χ0) is 19.9. The summed E-state index contributed by atoms with van der Waals surface area (Å²) in [6.45, 7) is 4.12. The fraction of sp³-hybridized carbons (Fsp3) is 0.476. The van der Waals surface area contributed by atoms with E-state index in [2.05, 4.69) is 40.3 Å². The number of aliphatic hydroxyl groups excluding tert-OH is 1. The van der Waals surface area contributed by atoms with Gasteiger partial charge in [-0.25, -0.2) is 0 Å². The lowest BCUT2D eigenvalue weighted by Gasteiger charge is -2.31. The van der Waals surface area contributed by atoms with Crippen LogP contribution in [-0.2, 0) is 15.6 Å². The topological polar surface area (TPSA) is 69.6 Å². The van der Waals surface area contributed by atoms with E-state index < -0.39 is 15.5 Å². The van der Waals surface area contributed by atoms with E-state index in [1.807, 2.05) is 12.1 Å². The first-order valence-electron chi connectivity index (χ1n) is 9.08. The fourth-order valence-corrected chi connectivity index (χ4v) is 3.85. The molecule has 1 aliphatic rings. The van der Waals surface area contributed by atoms with E-state index >= 15 is 0 Å². The van der Waals surface area contributed by atoms with Gasteiger partial charge in [0.25, 0.3) is 0 Å². The van der Waals surface area contributed by atoms with Crippen molar-refractivity contribution in [3.05, 3.63) is 41.5 Å². The van der Waals surface area contributed by atoms with Crippen LogP contribution in [0.4, 0.5) is 0 Å². The molecule has 0 spiro atoms. The van der Waals surface area contributed by atoms with Crippen molar-refractivity contribution in [3.8, 4) is 11.8 Å². The molecule has 1 aromatic rings. The second-order valence-electron chi connectivity index (χ2n) is 6.83. The van der Waals surface area contributed by atoms with Gasteiger partial charge in [-0.1, -0.05) is 30.0 Å². The number of nitrogens with zero attached hydrogens (tertiary/aromatic N) is 1. The third-order valence-corrected chi connectivity index (χ3v) is 6.77. The number of carbonyl (C=O) groups excluding carboxylic acids is 1. The van der Waals surface area contributed by atoms with Crippen molar-refractivity contribution in [3.63, 3.8) is 0 Å². The van der Waals surface area contributed by atoms with Crippen molar-refractivity contribution >= 4 is 22.3 Å². The van der Waals surface area contributed by atoms with Crippen LogP contribution in [0.25, 0.3) is 5.57 Å². The second-order valence-corrected chi connectivity index (χ2v) is 8.64. The lowest BCUT2D eigenvalue weighted by atomic mass is 9.98. The van der Waals surface area contributed by atoms with Crippen molar-refractivity contribution in [2.75, 3.05) is 39.5 Å². The van der Waals surface area contributed by atoms with Crippen molar-refractivity contribution in [2.24, 2.45) is 0 Å². The summed E-state index contributed by atoms with van der Waals surface area (Å²) in [5.74, 6) is 5.38. The number of benzene rings is 1. The van der Waals surface area contributed by atoms with Crippen LogP contribution in [0.2, 0.25) is 0 Å². The standard InChI is InChI=1S/C21H28N2O3S/c1-21(27(3)26,20(25)22-2)12-15-23-13-10-19(11-14-23)18-8-6-17(7-9-18)5-4-16-24/h6-10,24H,11-16H2,1-3H3,(H,22,25). The molecule has 0 bridgehead atoms. The minimum Gasteiger partial charge on any atom is -0.384 e. The lowest BCUT2D eigenvalue weighted by molar-refractivity contribution is -0.122. The van der Waals surface area contributed by atoms with Crippen LogP contribution in [0.15, 0.2) is 30.3 Å². The molecule has 0 fully saturated rings. The molecule has 5 nitrogen and oxygen atoms in total. The number of aliphatic hydroxyl groups is 1. The van der Waals surface area contributed by atoms with Gasteiger partial charge in [0.2, 0.25) is 5.91 Å². The minimum absolute atomic E-state index is 0.132. The van der Waals surface area contributed by atoms with Crippen LogP contribution in [0, 0.1) is 11.8 Å². The van der Waals surface area contributed by atoms with Crippen molar-refractivity contribution < 1.29 is 14.1 Å². The summed E-state index contributed by atoms with van der Waals surface area (Å²) in [6, 6.07) is 8.06. The van der Waals surface area contributed by atoms with Crippen molar-refractivity contribution in [2.45, 2.75) is 24.5 Å². The zero-order valence-electron chi connectivity index (χ0n) is 16.2. The van der Waals surface area contributed by atoms with Crippen LogP contribution >= 0.6 is 0 Å². The molecule has 1 heterocycles. The number of hydrogen-bond acceptors (Lipinski definition) is 4. The molecule has 0 aromatic heterocycles. The zero-order valence-corrected chi connectivity index (χ0v) is 17.1. The highest BCUT2D eigenvalue weighted by atomic mass is 32.2. The summed E-state index contributed by atoms with van der Waals surface area (Å²) in [4.78, 5) is 14.4. The Morgan fingerprint density at radius 3 is 2.59 bits per heavy atom. The van der Waals surface area contributed by atoms with Gasteiger partial charge in [-0.2, -0.15) is 0 Å². The predicted molar refractivity (Wildman–Crippen MR) is 111 cm³/mol. The van der Waals surface area contributed by atoms with E-state index in [4.69, 9.17) is 5.11 Å². The molecule has 1 aromatic carbocycles. The van der Waals surface area contributed by atoms with Crippen LogP contribution in [-0.4, -0.2) is 64.4 Å². The minimum atomic E-state index is -1.23. The molecule has 0 saturated heterocycles. The molecule has 0 radical (unpaired) electrons. The molecule has 2 rings (SSSR count). The Morgan fingerprint density at radius 2 is 2.07 bits per heavy atom. The molecule has 0 aliphatic carbocycles. The summed E-state index contributed by atoms with van der Waals surface area (Å²) < 4.78 is 11.2. The third kappa shape index (κ3) is 5.52. The molecule has 6 heteroatoms. The van der Waals surface area contributed by atoms with Gasteiger partial charge in [0, 0.05) is 49.3 Å². The van der Waals surface area contributed by atoms with Crippen LogP contribution < -0.4 is 5.32 Å². The van der Waals surface area contributed by atoms with Crippen molar-refractivity contribution in [1.29, 1.82) is 0 Å². The number of hydrogen-bond donors (Lipinski definition) is 2. The van der Waals surface area contributed by atoms with Crippen molar-refractivity contribution in [1.82, 2.24) is 10.2 Å². The number of carbonyl (C=O) groups is 1. The quantitative estimate of drug-likeness (QED) is 0.723. The molecule has 2 atom stereocenters. The number of nitrogens with one attached hydrogen (secondary N) is 1. The Hall–Kier alpha value is -1.94. The van der Waals surface area contributed by atoms with E-state index in [1.165, 1.54) is 11.1 Å². The smallest absolute Gasteiger partial charge is 0.238 e. The van der Waals surface area contributed by atoms with Crippen LogP contribution in [0.5, 0.6) is 0 Å². The molecule has 27 heavy (non-hydrogen) atoms. The second kappa shape index (κ2) is 9.84. The van der Waals surface area contributed by atoms with E-state index in [0.29, 0.717) is 6.42 Å². The maximum atomic E-state index is 12.1. The van der Waals surface area contributed by atoms with Gasteiger partial charge in [0.15, 0.2) is 0 Å². The van der Waals surface area contributed by atoms with Crippen LogP contribution in [0.3, 0.4) is 0 Å². The average molecular weight is 389 g/mol. The maximum Gasteiger partial charge on any atom is 0.238 e. The summed E-state index contributed by atoms with van der Waals surface area (Å²) in [7, 11) is 0.362. The first-order chi connectivity index (χ1) is 12.9. The van der Waals surface area contributed by atoms with E-state index in [0.717, 1.165) is 31.6 Å². The average Bonchev–Trinajstić information content (AvgIpc) is 2.70. The van der Waals surface area contributed by atoms with Gasteiger partial charge < -0.3 is 10.4 Å². The molecule has 1 amide bonds.